The van der Waals surface area contributed by atoms with Crippen molar-refractivity contribution in [3.63, 3.8) is 0 Å². The molecule has 1 spiro atoms. The molecule has 1 amide bonds. The van der Waals surface area contributed by atoms with Crippen molar-refractivity contribution in [2.75, 3.05) is 32.8 Å². The van der Waals surface area contributed by atoms with Gasteiger partial charge in [0.15, 0.2) is 0 Å². The standard InChI is InChI=1S/C22H28N2O4/c1-2-28-21(27)24-11-7-16(8-12-24)23-13-9-22(10-14-23)15-18(20(25)26)17-5-3-4-6-19(17)22/h3-6,15-16H,2,7-14H2,1H3,(H,25,26). The number of likely N-dealkylation sites (tertiary alicyclic amines) is 2. The normalized spacial score (nSPS) is 22.0. The number of hydrogen-bond donors (Lipinski definition) is 1. The molecule has 0 atom stereocenters. The third-order valence-corrected chi connectivity index (χ3v) is 6.60. The first-order valence-corrected chi connectivity index (χ1v) is 10.3. The average Bonchev–Trinajstić information content (AvgIpc) is 3.04. The van der Waals surface area contributed by atoms with E-state index in [4.69, 9.17) is 4.74 Å². The van der Waals surface area contributed by atoms with E-state index in [-0.39, 0.29) is 11.5 Å². The number of rotatable bonds is 3. The van der Waals surface area contributed by atoms with Gasteiger partial charge in [0.1, 0.15) is 0 Å². The fraction of sp³-hybridized carbons (Fsp3) is 0.545. The lowest BCUT2D eigenvalue weighted by Crippen LogP contribution is -2.51. The fourth-order valence-electron chi connectivity index (χ4n) is 5.09. The summed E-state index contributed by atoms with van der Waals surface area (Å²) in [5, 5.41) is 9.62. The lowest BCUT2D eigenvalue weighted by Gasteiger charge is -2.44. The molecule has 28 heavy (non-hydrogen) atoms. The van der Waals surface area contributed by atoms with E-state index < -0.39 is 5.97 Å². The maximum atomic E-state index is 11.9. The Bertz CT molecular complexity index is 787. The number of nitrogens with zero attached hydrogens (tertiary/aromatic N) is 2. The van der Waals surface area contributed by atoms with Crippen molar-refractivity contribution in [1.29, 1.82) is 0 Å². The molecule has 1 N–H and O–H groups in total. The van der Waals surface area contributed by atoms with Gasteiger partial charge in [-0.2, -0.15) is 0 Å². The maximum Gasteiger partial charge on any atom is 0.409 e. The van der Waals surface area contributed by atoms with Gasteiger partial charge in [0.2, 0.25) is 0 Å². The number of carboxylic acid groups (broad SMARTS) is 1. The molecule has 2 fully saturated rings. The first kappa shape index (κ1) is 19.0. The molecule has 1 aromatic carbocycles. The fourth-order valence-corrected chi connectivity index (χ4v) is 5.09. The number of fused-ring (bicyclic) bond motifs is 2. The minimum absolute atomic E-state index is 0.146. The zero-order valence-corrected chi connectivity index (χ0v) is 16.4. The Labute approximate surface area is 165 Å². The molecule has 2 aliphatic heterocycles. The van der Waals surface area contributed by atoms with Crippen LogP contribution in [0.25, 0.3) is 5.57 Å². The van der Waals surface area contributed by atoms with Crippen molar-refractivity contribution in [2.45, 2.75) is 44.1 Å². The van der Waals surface area contributed by atoms with Crippen LogP contribution in [-0.4, -0.2) is 65.8 Å². The minimum Gasteiger partial charge on any atom is -0.478 e. The number of aliphatic carboxylic acids is 1. The van der Waals surface area contributed by atoms with E-state index in [1.54, 1.807) is 4.90 Å². The Morgan fingerprint density at radius 1 is 1.14 bits per heavy atom. The van der Waals surface area contributed by atoms with Gasteiger partial charge in [0.05, 0.1) is 12.2 Å². The summed E-state index contributed by atoms with van der Waals surface area (Å²) in [5.74, 6) is -0.835. The number of benzene rings is 1. The second-order valence-electron chi connectivity index (χ2n) is 8.02. The van der Waals surface area contributed by atoms with Crippen LogP contribution < -0.4 is 0 Å². The number of piperidine rings is 2. The van der Waals surface area contributed by atoms with Crippen molar-refractivity contribution in [3.8, 4) is 0 Å². The molecule has 4 rings (SSSR count). The second kappa shape index (κ2) is 7.59. The molecule has 2 saturated heterocycles. The van der Waals surface area contributed by atoms with Gasteiger partial charge in [-0.1, -0.05) is 30.3 Å². The van der Waals surface area contributed by atoms with Gasteiger partial charge in [-0.05, 0) is 56.8 Å². The van der Waals surface area contributed by atoms with Crippen LogP contribution in [-0.2, 0) is 14.9 Å². The molecule has 6 nitrogen and oxygen atoms in total. The molecule has 0 radical (unpaired) electrons. The summed E-state index contributed by atoms with van der Waals surface area (Å²) in [7, 11) is 0. The van der Waals surface area contributed by atoms with Gasteiger partial charge in [0, 0.05) is 24.5 Å². The highest BCUT2D eigenvalue weighted by atomic mass is 16.6. The molecule has 0 bridgehead atoms. The highest BCUT2D eigenvalue weighted by molar-refractivity contribution is 6.17. The Morgan fingerprint density at radius 3 is 2.46 bits per heavy atom. The molecule has 3 aliphatic rings. The summed E-state index contributed by atoms with van der Waals surface area (Å²) in [6.07, 6.45) is 5.63. The number of carbonyl (C=O) groups is 2. The summed E-state index contributed by atoms with van der Waals surface area (Å²) in [6, 6.07) is 8.44. The Hall–Kier alpha value is -2.34. The molecule has 150 valence electrons. The molecule has 6 heteroatoms. The zero-order chi connectivity index (χ0) is 19.7. The van der Waals surface area contributed by atoms with Crippen LogP contribution in [0.3, 0.4) is 0 Å². The largest absolute Gasteiger partial charge is 0.478 e. The number of ether oxygens (including phenoxy) is 1. The Kier molecular flexibility index (Phi) is 5.15. The predicted molar refractivity (Wildman–Crippen MR) is 106 cm³/mol. The highest BCUT2D eigenvalue weighted by Crippen LogP contribution is 2.47. The van der Waals surface area contributed by atoms with Gasteiger partial charge in [-0.3, -0.25) is 0 Å². The molecular formula is C22H28N2O4. The lowest BCUT2D eigenvalue weighted by atomic mass is 9.74. The monoisotopic (exact) mass is 384 g/mol. The molecule has 2 heterocycles. The quantitative estimate of drug-likeness (QED) is 0.867. The molecule has 0 unspecified atom stereocenters. The van der Waals surface area contributed by atoms with Crippen LogP contribution >= 0.6 is 0 Å². The minimum atomic E-state index is -0.835. The molecule has 1 aromatic rings. The average molecular weight is 384 g/mol. The van der Waals surface area contributed by atoms with Gasteiger partial charge in [-0.25, -0.2) is 9.59 Å². The van der Waals surface area contributed by atoms with Crippen molar-refractivity contribution < 1.29 is 19.4 Å². The predicted octanol–water partition coefficient (Wildman–Crippen LogP) is 3.12. The van der Waals surface area contributed by atoms with E-state index in [0.717, 1.165) is 57.4 Å². The number of hydrogen-bond acceptors (Lipinski definition) is 4. The molecule has 1 aliphatic carbocycles. The van der Waals surface area contributed by atoms with Gasteiger partial charge in [0.25, 0.3) is 0 Å². The highest BCUT2D eigenvalue weighted by Gasteiger charge is 2.43. The Balaban J connectivity index is 1.41. The summed E-state index contributed by atoms with van der Waals surface area (Å²) < 4.78 is 5.11. The van der Waals surface area contributed by atoms with Gasteiger partial charge < -0.3 is 19.6 Å². The molecule has 0 saturated carbocycles. The van der Waals surface area contributed by atoms with Crippen molar-refractivity contribution in [3.05, 3.63) is 41.5 Å². The zero-order valence-electron chi connectivity index (χ0n) is 16.4. The van der Waals surface area contributed by atoms with E-state index in [0.29, 0.717) is 18.2 Å². The summed E-state index contributed by atoms with van der Waals surface area (Å²) in [6.45, 7) is 5.66. The van der Waals surface area contributed by atoms with Gasteiger partial charge >= 0.3 is 12.1 Å². The van der Waals surface area contributed by atoms with Crippen LogP contribution in [0.1, 0.15) is 43.7 Å². The van der Waals surface area contributed by atoms with E-state index in [9.17, 15) is 14.7 Å². The summed E-state index contributed by atoms with van der Waals surface area (Å²) in [4.78, 5) is 27.9. The second-order valence-corrected chi connectivity index (χ2v) is 8.02. The van der Waals surface area contributed by atoms with Crippen LogP contribution in [0.15, 0.2) is 30.3 Å². The van der Waals surface area contributed by atoms with Crippen molar-refractivity contribution in [2.24, 2.45) is 0 Å². The van der Waals surface area contributed by atoms with Crippen LogP contribution in [0.2, 0.25) is 0 Å². The smallest absolute Gasteiger partial charge is 0.409 e. The van der Waals surface area contributed by atoms with E-state index in [2.05, 4.69) is 11.0 Å². The third-order valence-electron chi connectivity index (χ3n) is 6.60. The molecule has 0 aromatic heterocycles. The van der Waals surface area contributed by atoms with Crippen LogP contribution in [0.5, 0.6) is 0 Å². The maximum absolute atomic E-state index is 11.9. The first-order valence-electron chi connectivity index (χ1n) is 10.3. The van der Waals surface area contributed by atoms with Crippen molar-refractivity contribution >= 4 is 17.6 Å². The number of carboxylic acids is 1. The summed E-state index contributed by atoms with van der Waals surface area (Å²) in [5.41, 5.74) is 2.36. The SMILES string of the molecule is CCOC(=O)N1CCC(N2CCC3(C=C(C(=O)O)c4ccccc43)CC2)CC1. The first-order chi connectivity index (χ1) is 13.5. The van der Waals surface area contributed by atoms with Gasteiger partial charge in [-0.15, -0.1) is 0 Å². The van der Waals surface area contributed by atoms with Crippen LogP contribution in [0, 0.1) is 0 Å². The molecular weight excluding hydrogens is 356 g/mol. The van der Waals surface area contributed by atoms with E-state index >= 15 is 0 Å². The Morgan fingerprint density at radius 2 is 1.82 bits per heavy atom. The van der Waals surface area contributed by atoms with Crippen LogP contribution in [0.4, 0.5) is 4.79 Å². The number of allylic oxidation sites excluding steroid dienone is 1. The number of amides is 1. The summed E-state index contributed by atoms with van der Waals surface area (Å²) >= 11 is 0. The number of carbonyl (C=O) groups excluding carboxylic acids is 1. The van der Waals surface area contributed by atoms with E-state index in [1.165, 1.54) is 5.56 Å². The lowest BCUT2D eigenvalue weighted by molar-refractivity contribution is -0.130. The topological polar surface area (TPSA) is 70.1 Å². The van der Waals surface area contributed by atoms with E-state index in [1.807, 2.05) is 31.2 Å². The van der Waals surface area contributed by atoms with Crippen molar-refractivity contribution in [1.82, 2.24) is 9.80 Å². The third kappa shape index (κ3) is 3.30.